The van der Waals surface area contributed by atoms with Gasteiger partial charge in [0.25, 0.3) is 5.91 Å². The molecule has 2 heterocycles. The Morgan fingerprint density at radius 3 is 2.54 bits per heavy atom. The van der Waals surface area contributed by atoms with Crippen molar-refractivity contribution in [1.82, 2.24) is 21.2 Å². The van der Waals surface area contributed by atoms with Gasteiger partial charge in [0.1, 0.15) is 0 Å². The SMILES string of the molecule is O=C(NC1CNN(CC2CCCCC2)C1)C1CC(C2CCCCC2)NO1. The van der Waals surface area contributed by atoms with Crippen LogP contribution in [-0.2, 0) is 9.63 Å². The first-order valence-corrected chi connectivity index (χ1v) is 11.0. The van der Waals surface area contributed by atoms with E-state index in [1.807, 2.05) is 0 Å². The number of amides is 1. The molecule has 2 aliphatic heterocycles. The van der Waals surface area contributed by atoms with Crippen LogP contribution in [0.3, 0.4) is 0 Å². The van der Waals surface area contributed by atoms with Gasteiger partial charge >= 0.3 is 0 Å². The summed E-state index contributed by atoms with van der Waals surface area (Å²) in [6.45, 7) is 2.87. The van der Waals surface area contributed by atoms with Gasteiger partial charge in [-0.3, -0.25) is 15.1 Å². The molecule has 3 unspecified atom stereocenters. The second kappa shape index (κ2) is 9.00. The Labute approximate surface area is 157 Å². The van der Waals surface area contributed by atoms with Crippen LogP contribution >= 0.6 is 0 Å². The first-order chi connectivity index (χ1) is 12.8. The van der Waals surface area contributed by atoms with Crippen LogP contribution in [0.1, 0.15) is 70.6 Å². The molecule has 0 spiro atoms. The van der Waals surface area contributed by atoms with E-state index in [0.717, 1.165) is 32.0 Å². The molecule has 3 atom stereocenters. The van der Waals surface area contributed by atoms with E-state index in [0.29, 0.717) is 12.0 Å². The van der Waals surface area contributed by atoms with E-state index in [9.17, 15) is 4.79 Å². The van der Waals surface area contributed by atoms with E-state index < -0.39 is 0 Å². The molecule has 0 aromatic heterocycles. The van der Waals surface area contributed by atoms with Crippen molar-refractivity contribution in [3.8, 4) is 0 Å². The maximum Gasteiger partial charge on any atom is 0.251 e. The number of carbonyl (C=O) groups excluding carboxylic acids is 1. The van der Waals surface area contributed by atoms with Crippen LogP contribution in [0.2, 0.25) is 0 Å². The monoisotopic (exact) mass is 364 g/mol. The van der Waals surface area contributed by atoms with E-state index in [4.69, 9.17) is 4.84 Å². The van der Waals surface area contributed by atoms with Gasteiger partial charge in [-0.25, -0.2) is 5.01 Å². The lowest BCUT2D eigenvalue weighted by Gasteiger charge is -2.26. The molecule has 4 rings (SSSR count). The quantitative estimate of drug-likeness (QED) is 0.697. The average Bonchev–Trinajstić information content (AvgIpc) is 3.33. The Balaban J connectivity index is 1.18. The second-order valence-corrected chi connectivity index (χ2v) is 8.94. The molecular formula is C20H36N4O2. The Kier molecular flexibility index (Phi) is 6.46. The number of rotatable bonds is 5. The molecular weight excluding hydrogens is 328 g/mol. The fraction of sp³-hybridized carbons (Fsp3) is 0.950. The summed E-state index contributed by atoms with van der Waals surface area (Å²) >= 11 is 0. The summed E-state index contributed by atoms with van der Waals surface area (Å²) in [5.74, 6) is 1.56. The molecule has 4 aliphatic rings. The summed E-state index contributed by atoms with van der Waals surface area (Å²) in [5, 5.41) is 5.52. The lowest BCUT2D eigenvalue weighted by molar-refractivity contribution is -0.133. The van der Waals surface area contributed by atoms with Crippen molar-refractivity contribution >= 4 is 5.91 Å². The third-order valence-electron chi connectivity index (χ3n) is 6.89. The van der Waals surface area contributed by atoms with Gasteiger partial charge in [0.05, 0.1) is 6.04 Å². The van der Waals surface area contributed by atoms with Gasteiger partial charge in [0.2, 0.25) is 0 Å². The topological polar surface area (TPSA) is 65.6 Å². The molecule has 1 amide bonds. The smallest absolute Gasteiger partial charge is 0.251 e. The van der Waals surface area contributed by atoms with Gasteiger partial charge in [-0.05, 0) is 37.5 Å². The van der Waals surface area contributed by atoms with Gasteiger partial charge in [-0.1, -0.05) is 38.5 Å². The van der Waals surface area contributed by atoms with E-state index >= 15 is 0 Å². The van der Waals surface area contributed by atoms with Crippen LogP contribution in [0.4, 0.5) is 0 Å². The number of hydrazine groups is 1. The largest absolute Gasteiger partial charge is 0.348 e. The zero-order chi connectivity index (χ0) is 17.8. The number of hydrogen-bond donors (Lipinski definition) is 3. The van der Waals surface area contributed by atoms with Crippen molar-refractivity contribution in [2.45, 2.75) is 88.8 Å². The number of hydroxylamine groups is 1. The molecule has 2 saturated carbocycles. The number of nitrogens with one attached hydrogen (secondary N) is 3. The second-order valence-electron chi connectivity index (χ2n) is 8.94. The van der Waals surface area contributed by atoms with Crippen molar-refractivity contribution in [3.05, 3.63) is 0 Å². The summed E-state index contributed by atoms with van der Waals surface area (Å²) in [5.41, 5.74) is 6.63. The maximum atomic E-state index is 12.6. The van der Waals surface area contributed by atoms with Crippen LogP contribution in [-0.4, -0.2) is 48.7 Å². The number of nitrogens with zero attached hydrogens (tertiary/aromatic N) is 1. The third kappa shape index (κ3) is 4.77. The van der Waals surface area contributed by atoms with Crippen LogP contribution in [0, 0.1) is 11.8 Å². The van der Waals surface area contributed by atoms with E-state index in [2.05, 4.69) is 21.2 Å². The highest BCUT2D eigenvalue weighted by molar-refractivity contribution is 5.81. The molecule has 0 aromatic carbocycles. The molecule has 0 radical (unpaired) electrons. The summed E-state index contributed by atoms with van der Waals surface area (Å²) in [7, 11) is 0. The molecule has 6 nitrogen and oxygen atoms in total. The molecule has 2 aliphatic carbocycles. The van der Waals surface area contributed by atoms with Gasteiger partial charge in [-0.15, -0.1) is 0 Å². The molecule has 26 heavy (non-hydrogen) atoms. The predicted octanol–water partition coefficient (Wildman–Crippen LogP) is 2.11. The Morgan fingerprint density at radius 1 is 1.04 bits per heavy atom. The molecule has 0 bridgehead atoms. The van der Waals surface area contributed by atoms with Crippen molar-refractivity contribution in [2.75, 3.05) is 19.6 Å². The van der Waals surface area contributed by atoms with Gasteiger partial charge in [0, 0.05) is 32.1 Å². The summed E-state index contributed by atoms with van der Waals surface area (Å²) < 4.78 is 0. The number of carbonyl (C=O) groups is 1. The molecule has 2 saturated heterocycles. The molecule has 6 heteroatoms. The average molecular weight is 365 g/mol. The zero-order valence-electron chi connectivity index (χ0n) is 16.0. The Bertz CT molecular complexity index is 463. The van der Waals surface area contributed by atoms with E-state index in [1.165, 1.54) is 64.2 Å². The van der Waals surface area contributed by atoms with Crippen LogP contribution < -0.4 is 16.2 Å². The zero-order valence-corrected chi connectivity index (χ0v) is 16.0. The fourth-order valence-corrected chi connectivity index (χ4v) is 5.33. The Morgan fingerprint density at radius 2 is 1.77 bits per heavy atom. The van der Waals surface area contributed by atoms with Crippen molar-refractivity contribution in [2.24, 2.45) is 11.8 Å². The highest BCUT2D eigenvalue weighted by Gasteiger charge is 2.37. The highest BCUT2D eigenvalue weighted by Crippen LogP contribution is 2.31. The lowest BCUT2D eigenvalue weighted by Crippen LogP contribution is -2.44. The number of hydrogen-bond acceptors (Lipinski definition) is 5. The third-order valence-corrected chi connectivity index (χ3v) is 6.89. The van der Waals surface area contributed by atoms with Gasteiger partial charge in [0.15, 0.2) is 6.10 Å². The van der Waals surface area contributed by atoms with Crippen LogP contribution in [0.25, 0.3) is 0 Å². The highest BCUT2D eigenvalue weighted by atomic mass is 16.7. The van der Waals surface area contributed by atoms with Crippen LogP contribution in [0.15, 0.2) is 0 Å². The minimum atomic E-state index is -0.325. The lowest BCUT2D eigenvalue weighted by atomic mass is 9.82. The molecule has 0 aromatic rings. The summed E-state index contributed by atoms with van der Waals surface area (Å²) in [4.78, 5) is 18.2. The molecule has 4 fully saturated rings. The standard InChI is InChI=1S/C20H36N4O2/c25-20(19-11-18(23-26-19)16-9-5-2-6-10-16)22-17-12-21-24(14-17)13-15-7-3-1-4-8-15/h15-19,21,23H,1-14H2,(H,22,25). The van der Waals surface area contributed by atoms with E-state index in [1.54, 1.807) is 0 Å². The van der Waals surface area contributed by atoms with E-state index in [-0.39, 0.29) is 18.1 Å². The summed E-state index contributed by atoms with van der Waals surface area (Å²) in [6, 6.07) is 0.555. The van der Waals surface area contributed by atoms with Crippen molar-refractivity contribution in [1.29, 1.82) is 0 Å². The molecule has 148 valence electrons. The van der Waals surface area contributed by atoms with Crippen molar-refractivity contribution in [3.63, 3.8) is 0 Å². The maximum absolute atomic E-state index is 12.6. The minimum Gasteiger partial charge on any atom is -0.348 e. The normalized spacial score (nSPS) is 35.0. The van der Waals surface area contributed by atoms with Gasteiger partial charge in [-0.2, -0.15) is 5.48 Å². The first-order valence-electron chi connectivity index (χ1n) is 11.0. The van der Waals surface area contributed by atoms with Gasteiger partial charge < -0.3 is 5.32 Å². The predicted molar refractivity (Wildman–Crippen MR) is 101 cm³/mol. The van der Waals surface area contributed by atoms with Crippen molar-refractivity contribution < 1.29 is 9.63 Å². The molecule has 3 N–H and O–H groups in total. The fourth-order valence-electron chi connectivity index (χ4n) is 5.33. The Hall–Kier alpha value is -0.690. The first kappa shape index (κ1) is 18.7. The van der Waals surface area contributed by atoms with Crippen LogP contribution in [0.5, 0.6) is 0 Å². The summed E-state index contributed by atoms with van der Waals surface area (Å²) in [6.07, 6.45) is 13.9. The minimum absolute atomic E-state index is 0.0575.